The van der Waals surface area contributed by atoms with Crippen LogP contribution < -0.4 is 11.5 Å². The average Bonchev–Trinajstić information content (AvgIpc) is 1.66. The Bertz CT molecular complexity index is 102. The molecular weight excluding hydrogens is 100 g/mol. The monoisotopic (exact) mass is 112 g/mol. The van der Waals surface area contributed by atoms with E-state index < -0.39 is 0 Å². The Labute approximate surface area is 49.5 Å². The van der Waals surface area contributed by atoms with Crippen molar-refractivity contribution < 1.29 is 0 Å². The maximum absolute atomic E-state index is 5.39. The first-order valence-corrected chi connectivity index (χ1v) is 2.98. The van der Waals surface area contributed by atoms with Crippen LogP contribution in [0.3, 0.4) is 0 Å². The van der Waals surface area contributed by atoms with E-state index in [0.29, 0.717) is 13.1 Å². The molecule has 1 rings (SSSR count). The molecule has 2 nitrogen and oxygen atoms in total. The maximum Gasteiger partial charge on any atom is 0.0140 e. The zero-order chi connectivity index (χ0) is 5.98. The zero-order valence-electron chi connectivity index (χ0n) is 4.98. The molecule has 0 atom stereocenters. The number of rotatable bonds is 2. The summed E-state index contributed by atoms with van der Waals surface area (Å²) in [7, 11) is 0. The molecule has 0 radical (unpaired) electrons. The highest BCUT2D eigenvalue weighted by Crippen LogP contribution is 2.24. The maximum atomic E-state index is 5.39. The van der Waals surface area contributed by atoms with Crippen molar-refractivity contribution in [2.24, 2.45) is 11.5 Å². The van der Waals surface area contributed by atoms with E-state index in [0.717, 1.165) is 0 Å². The van der Waals surface area contributed by atoms with E-state index in [1.165, 1.54) is 24.0 Å². The van der Waals surface area contributed by atoms with E-state index in [2.05, 4.69) is 0 Å². The molecule has 1 aliphatic carbocycles. The fraction of sp³-hybridized carbons (Fsp3) is 0.667. The van der Waals surface area contributed by atoms with Crippen LogP contribution in [0.25, 0.3) is 0 Å². The SMILES string of the molecule is NCC1=C(CN)CC1. The lowest BCUT2D eigenvalue weighted by atomic mass is 9.89. The molecule has 0 aromatic rings. The van der Waals surface area contributed by atoms with Gasteiger partial charge in [0.1, 0.15) is 0 Å². The molecule has 0 amide bonds. The van der Waals surface area contributed by atoms with E-state index in [1.54, 1.807) is 0 Å². The van der Waals surface area contributed by atoms with Gasteiger partial charge in [-0.15, -0.1) is 0 Å². The summed E-state index contributed by atoms with van der Waals surface area (Å²) < 4.78 is 0. The lowest BCUT2D eigenvalue weighted by Gasteiger charge is -2.20. The molecule has 8 heavy (non-hydrogen) atoms. The Hall–Kier alpha value is -0.340. The molecule has 0 heterocycles. The van der Waals surface area contributed by atoms with Gasteiger partial charge in [-0.3, -0.25) is 0 Å². The van der Waals surface area contributed by atoms with Crippen molar-refractivity contribution in [1.82, 2.24) is 0 Å². The van der Waals surface area contributed by atoms with Crippen molar-refractivity contribution in [2.75, 3.05) is 13.1 Å². The lowest BCUT2D eigenvalue weighted by Crippen LogP contribution is -2.19. The Kier molecular flexibility index (Phi) is 1.65. The van der Waals surface area contributed by atoms with Crippen molar-refractivity contribution in [3.8, 4) is 0 Å². The van der Waals surface area contributed by atoms with Crippen LogP contribution in [0.2, 0.25) is 0 Å². The van der Waals surface area contributed by atoms with Crippen LogP contribution in [-0.4, -0.2) is 13.1 Å². The summed E-state index contributed by atoms with van der Waals surface area (Å²) >= 11 is 0. The highest BCUT2D eigenvalue weighted by molar-refractivity contribution is 5.26. The molecule has 46 valence electrons. The van der Waals surface area contributed by atoms with Crippen molar-refractivity contribution in [3.05, 3.63) is 11.1 Å². The van der Waals surface area contributed by atoms with Gasteiger partial charge in [0.2, 0.25) is 0 Å². The van der Waals surface area contributed by atoms with Gasteiger partial charge in [-0.2, -0.15) is 0 Å². The predicted octanol–water partition coefficient (Wildman–Crippen LogP) is -0.00580. The topological polar surface area (TPSA) is 52.0 Å². The highest BCUT2D eigenvalue weighted by Gasteiger charge is 2.12. The van der Waals surface area contributed by atoms with Gasteiger partial charge in [0.15, 0.2) is 0 Å². The zero-order valence-corrected chi connectivity index (χ0v) is 4.98. The molecule has 0 aromatic carbocycles. The largest absolute Gasteiger partial charge is 0.327 e. The number of nitrogens with two attached hydrogens (primary N) is 2. The van der Waals surface area contributed by atoms with Crippen molar-refractivity contribution >= 4 is 0 Å². The first-order valence-electron chi connectivity index (χ1n) is 2.98. The first kappa shape index (κ1) is 5.79. The van der Waals surface area contributed by atoms with Crippen LogP contribution in [-0.2, 0) is 0 Å². The third-order valence-corrected chi connectivity index (χ3v) is 1.72. The summed E-state index contributed by atoms with van der Waals surface area (Å²) in [6.07, 6.45) is 2.37. The summed E-state index contributed by atoms with van der Waals surface area (Å²) in [4.78, 5) is 0. The van der Waals surface area contributed by atoms with Crippen LogP contribution in [0.4, 0.5) is 0 Å². The van der Waals surface area contributed by atoms with Crippen LogP contribution in [0.1, 0.15) is 12.8 Å². The molecule has 0 fully saturated rings. The third-order valence-electron chi connectivity index (χ3n) is 1.72. The minimum Gasteiger partial charge on any atom is -0.327 e. The smallest absolute Gasteiger partial charge is 0.0140 e. The van der Waals surface area contributed by atoms with Gasteiger partial charge in [-0.05, 0) is 12.8 Å². The molecule has 0 saturated carbocycles. The Morgan fingerprint density at radius 3 is 1.50 bits per heavy atom. The molecule has 0 bridgehead atoms. The van der Waals surface area contributed by atoms with Gasteiger partial charge in [-0.25, -0.2) is 0 Å². The molecule has 4 N–H and O–H groups in total. The van der Waals surface area contributed by atoms with E-state index in [1.807, 2.05) is 0 Å². The van der Waals surface area contributed by atoms with Crippen molar-refractivity contribution in [3.63, 3.8) is 0 Å². The van der Waals surface area contributed by atoms with Gasteiger partial charge in [0, 0.05) is 13.1 Å². The van der Waals surface area contributed by atoms with E-state index in [-0.39, 0.29) is 0 Å². The van der Waals surface area contributed by atoms with Gasteiger partial charge >= 0.3 is 0 Å². The lowest BCUT2D eigenvalue weighted by molar-refractivity contribution is 0.746. The van der Waals surface area contributed by atoms with Crippen LogP contribution in [0.15, 0.2) is 11.1 Å². The predicted molar refractivity (Wildman–Crippen MR) is 34.4 cm³/mol. The highest BCUT2D eigenvalue weighted by atomic mass is 14.6. The van der Waals surface area contributed by atoms with Crippen molar-refractivity contribution in [1.29, 1.82) is 0 Å². The molecule has 0 spiro atoms. The standard InChI is InChI=1S/C6H12N2/c7-3-5-1-2-6(5)4-8/h1-4,7-8H2. The van der Waals surface area contributed by atoms with Crippen LogP contribution in [0, 0.1) is 0 Å². The van der Waals surface area contributed by atoms with Gasteiger partial charge < -0.3 is 11.5 Å². The molecule has 0 aliphatic heterocycles. The van der Waals surface area contributed by atoms with Crippen LogP contribution in [0.5, 0.6) is 0 Å². The van der Waals surface area contributed by atoms with Gasteiger partial charge in [0.25, 0.3) is 0 Å². The Morgan fingerprint density at radius 2 is 1.38 bits per heavy atom. The minimum absolute atomic E-state index is 0.715. The molecule has 0 aromatic heterocycles. The average molecular weight is 112 g/mol. The Morgan fingerprint density at radius 1 is 1.00 bits per heavy atom. The van der Waals surface area contributed by atoms with E-state index in [4.69, 9.17) is 11.5 Å². The molecule has 0 saturated heterocycles. The summed E-state index contributed by atoms with van der Waals surface area (Å²) in [5.41, 5.74) is 13.5. The fourth-order valence-electron chi connectivity index (χ4n) is 0.971. The molecular formula is C6H12N2. The summed E-state index contributed by atoms with van der Waals surface area (Å²) in [6, 6.07) is 0. The second-order valence-corrected chi connectivity index (χ2v) is 2.12. The molecule has 2 heteroatoms. The van der Waals surface area contributed by atoms with E-state index in [9.17, 15) is 0 Å². The normalized spacial score (nSPS) is 18.8. The van der Waals surface area contributed by atoms with Gasteiger partial charge in [-0.1, -0.05) is 11.1 Å². The van der Waals surface area contributed by atoms with Crippen molar-refractivity contribution in [2.45, 2.75) is 12.8 Å². The van der Waals surface area contributed by atoms with Crippen LogP contribution >= 0.6 is 0 Å². The van der Waals surface area contributed by atoms with Gasteiger partial charge in [0.05, 0.1) is 0 Å². The minimum atomic E-state index is 0.715. The quantitative estimate of drug-likeness (QED) is 0.494. The van der Waals surface area contributed by atoms with E-state index >= 15 is 0 Å². The first-order chi connectivity index (χ1) is 3.88. The number of hydrogen-bond donors (Lipinski definition) is 2. The summed E-state index contributed by atoms with van der Waals surface area (Å²) in [6.45, 7) is 1.43. The Balaban J connectivity index is 2.49. The number of hydrogen-bond acceptors (Lipinski definition) is 2. The second-order valence-electron chi connectivity index (χ2n) is 2.12. The molecule has 1 aliphatic rings. The third kappa shape index (κ3) is 0.767. The summed E-state index contributed by atoms with van der Waals surface area (Å²) in [5, 5.41) is 0. The fourth-order valence-corrected chi connectivity index (χ4v) is 0.971. The summed E-state index contributed by atoms with van der Waals surface area (Å²) in [5.74, 6) is 0. The second kappa shape index (κ2) is 2.29. The molecule has 0 unspecified atom stereocenters.